The molecule has 5 aliphatic heterocycles. The van der Waals surface area contributed by atoms with Crippen LogP contribution in [0.15, 0.2) is 54.6 Å². The van der Waals surface area contributed by atoms with Crippen molar-refractivity contribution < 1.29 is 38.1 Å². The van der Waals surface area contributed by atoms with E-state index in [0.29, 0.717) is 18.8 Å². The minimum atomic E-state index is -0.713. The number of H-pyrrole nitrogens is 1. The fourth-order valence-corrected chi connectivity index (χ4v) is 10.3. The molecule has 3 saturated heterocycles. The van der Waals surface area contributed by atoms with Crippen molar-refractivity contribution in [3.05, 3.63) is 71.5 Å². The van der Waals surface area contributed by atoms with Crippen LogP contribution in [0.4, 0.5) is 26.7 Å². The Morgan fingerprint density at radius 3 is 2.03 bits per heavy atom. The van der Waals surface area contributed by atoms with Crippen LogP contribution >= 0.6 is 0 Å². The van der Waals surface area contributed by atoms with Gasteiger partial charge in [-0.1, -0.05) is 39.8 Å². The molecule has 3 fully saturated rings. The summed E-state index contributed by atoms with van der Waals surface area (Å²) in [7, 11) is 2.60. The highest BCUT2D eigenvalue weighted by Gasteiger charge is 2.43. The zero-order valence-electron chi connectivity index (χ0n) is 37.3. The van der Waals surface area contributed by atoms with E-state index < -0.39 is 24.3 Å². The molecule has 1 aromatic heterocycles. The number of alkyl carbamates (subject to hydrolysis) is 2. The standard InChI is InChI=1S/C47H59N9O8/c1-25(2)40(52-46(59)61-5)44(57)54-19-7-9-36(54)42-48-30-14-11-27(21-32(30)50-42)34-16-17-35(56(34)29-13-18-38-39(23-29)64-24-63-38)28-12-15-31-33(22-28)51-43(49-31)37-10-8-20-55(37)45(58)41(26(3)4)53-47(60)62-6/h11-15,18,21-23,25-26,34-37,40-42,48,50H,7-10,16-17,19-20,24H2,1-6H3,(H,49,51)(H,52,59)(H,53,60)/t34-,35-,36+,37+,40+,41+,42?/m1/s1. The zero-order valence-corrected chi connectivity index (χ0v) is 37.3. The van der Waals surface area contributed by atoms with Gasteiger partial charge < -0.3 is 59.9 Å². The number of fused-ring (bicyclic) bond motifs is 3. The predicted octanol–water partition coefficient (Wildman–Crippen LogP) is 6.95. The molecule has 4 amide bonds. The molecule has 340 valence electrons. The molecule has 0 spiro atoms. The average molecular weight is 878 g/mol. The first-order valence-electron chi connectivity index (χ1n) is 22.6. The first-order valence-corrected chi connectivity index (χ1v) is 22.6. The third-order valence-electron chi connectivity index (χ3n) is 13.6. The number of benzene rings is 3. The number of carbonyl (C=O) groups is 4. The summed E-state index contributed by atoms with van der Waals surface area (Å²) in [5, 5.41) is 12.9. The van der Waals surface area contributed by atoms with Gasteiger partial charge in [-0.05, 0) is 97.9 Å². The second kappa shape index (κ2) is 17.6. The highest BCUT2D eigenvalue weighted by atomic mass is 16.7. The Bertz CT molecular complexity index is 2420. The van der Waals surface area contributed by atoms with Crippen molar-refractivity contribution in [1.29, 1.82) is 0 Å². The Morgan fingerprint density at radius 2 is 1.33 bits per heavy atom. The van der Waals surface area contributed by atoms with Gasteiger partial charge in [-0.2, -0.15) is 0 Å². The maximum atomic E-state index is 13.9. The SMILES string of the molecule is COC(=O)N[C@H](C(=O)N1CCC[C@H]1c1nc2ccc([C@H]3CC[C@H](c4ccc5c(c4)NC([C@@H]4CCCN4C(=O)[C@@H](NC(=O)OC)C(C)C)N5)N3c3ccc4c(c3)OCO4)cc2[nH]1)C(C)C. The van der Waals surface area contributed by atoms with Crippen molar-refractivity contribution >= 4 is 52.1 Å². The van der Waals surface area contributed by atoms with E-state index in [9.17, 15) is 19.2 Å². The normalized spacial score (nSPS) is 23.2. The van der Waals surface area contributed by atoms with Crippen LogP contribution < -0.4 is 35.6 Å². The average Bonchev–Trinajstić information content (AvgIpc) is 4.15. The molecule has 64 heavy (non-hydrogen) atoms. The Kier molecular flexibility index (Phi) is 11.8. The molecule has 0 aliphatic carbocycles. The Morgan fingerprint density at radius 1 is 0.703 bits per heavy atom. The number of amides is 4. The molecule has 17 heteroatoms. The van der Waals surface area contributed by atoms with Crippen LogP contribution in [0.25, 0.3) is 11.0 Å². The molecule has 0 saturated carbocycles. The lowest BCUT2D eigenvalue weighted by Gasteiger charge is -2.34. The largest absolute Gasteiger partial charge is 0.454 e. The second-order valence-electron chi connectivity index (χ2n) is 18.2. The van der Waals surface area contributed by atoms with Crippen molar-refractivity contribution in [3.63, 3.8) is 0 Å². The van der Waals surface area contributed by atoms with Gasteiger partial charge in [0, 0.05) is 24.8 Å². The number of ether oxygens (including phenoxy) is 4. The number of carbonyl (C=O) groups excluding carboxylic acids is 4. The number of aromatic amines is 1. The molecule has 1 unspecified atom stereocenters. The van der Waals surface area contributed by atoms with Crippen LogP contribution in [0.2, 0.25) is 0 Å². The van der Waals surface area contributed by atoms with E-state index in [1.807, 2.05) is 43.6 Å². The van der Waals surface area contributed by atoms with E-state index in [1.165, 1.54) is 14.2 Å². The maximum absolute atomic E-state index is 13.9. The quantitative estimate of drug-likeness (QED) is 0.104. The third-order valence-corrected chi connectivity index (χ3v) is 13.6. The van der Waals surface area contributed by atoms with Crippen LogP contribution in [0, 0.1) is 11.8 Å². The van der Waals surface area contributed by atoms with E-state index in [0.717, 1.165) is 89.3 Å². The number of methoxy groups -OCH3 is 2. The van der Waals surface area contributed by atoms with Crippen LogP contribution in [0.5, 0.6) is 11.5 Å². The van der Waals surface area contributed by atoms with E-state index in [1.54, 1.807) is 0 Å². The van der Waals surface area contributed by atoms with E-state index in [4.69, 9.17) is 23.9 Å². The first-order chi connectivity index (χ1) is 30.9. The number of nitrogens with zero attached hydrogens (tertiary/aromatic N) is 4. The van der Waals surface area contributed by atoms with Crippen molar-refractivity contribution in [2.75, 3.05) is 49.6 Å². The molecule has 0 bridgehead atoms. The van der Waals surface area contributed by atoms with Gasteiger partial charge in [-0.25, -0.2) is 14.6 Å². The topological polar surface area (TPSA) is 192 Å². The number of rotatable bonds is 11. The van der Waals surface area contributed by atoms with Gasteiger partial charge in [0.25, 0.3) is 0 Å². The lowest BCUT2D eigenvalue weighted by atomic mass is 10.0. The molecule has 6 heterocycles. The van der Waals surface area contributed by atoms with Gasteiger partial charge >= 0.3 is 12.2 Å². The van der Waals surface area contributed by atoms with Crippen LogP contribution in [-0.2, 0) is 19.1 Å². The van der Waals surface area contributed by atoms with Crippen molar-refractivity contribution in [3.8, 4) is 11.5 Å². The minimum absolute atomic E-state index is 0.0138. The Hall–Kier alpha value is -6.39. The number of hydrogen-bond acceptors (Lipinski definition) is 12. The lowest BCUT2D eigenvalue weighted by Crippen LogP contribution is -2.56. The molecule has 9 rings (SSSR count). The number of nitrogens with one attached hydrogen (secondary N) is 5. The first kappa shape index (κ1) is 42.9. The van der Waals surface area contributed by atoms with E-state index in [-0.39, 0.29) is 60.8 Å². The number of likely N-dealkylation sites (tertiary alicyclic amines) is 2. The van der Waals surface area contributed by atoms with Gasteiger partial charge in [0.05, 0.1) is 60.8 Å². The Labute approximate surface area is 372 Å². The molecule has 7 atom stereocenters. The molecule has 4 aromatic rings. The van der Waals surface area contributed by atoms with Crippen molar-refractivity contribution in [1.82, 2.24) is 30.4 Å². The molecule has 0 radical (unpaired) electrons. The Balaban J connectivity index is 0.971. The molecule has 5 N–H and O–H groups in total. The smallest absolute Gasteiger partial charge is 0.407 e. The summed E-state index contributed by atoms with van der Waals surface area (Å²) < 4.78 is 21.2. The van der Waals surface area contributed by atoms with Gasteiger partial charge in [0.15, 0.2) is 11.5 Å². The number of imidazole rings is 1. The van der Waals surface area contributed by atoms with E-state index >= 15 is 0 Å². The van der Waals surface area contributed by atoms with Gasteiger partial charge in [0.2, 0.25) is 18.6 Å². The molecule has 3 aromatic carbocycles. The summed E-state index contributed by atoms with van der Waals surface area (Å²) in [6.07, 6.45) is 3.63. The minimum Gasteiger partial charge on any atom is -0.454 e. The molecule has 5 aliphatic rings. The fourth-order valence-electron chi connectivity index (χ4n) is 10.3. The lowest BCUT2D eigenvalue weighted by molar-refractivity contribution is -0.136. The fraction of sp³-hybridized carbons (Fsp3) is 0.511. The summed E-state index contributed by atoms with van der Waals surface area (Å²) in [5.74, 6) is 1.68. The monoisotopic (exact) mass is 877 g/mol. The summed E-state index contributed by atoms with van der Waals surface area (Å²) in [6, 6.07) is 17.4. The maximum Gasteiger partial charge on any atom is 0.407 e. The molecular formula is C47H59N9O8. The highest BCUT2D eigenvalue weighted by molar-refractivity contribution is 5.88. The summed E-state index contributed by atoms with van der Waals surface area (Å²) in [4.78, 5) is 66.9. The van der Waals surface area contributed by atoms with Crippen LogP contribution in [0.1, 0.15) is 101 Å². The van der Waals surface area contributed by atoms with Crippen molar-refractivity contribution in [2.24, 2.45) is 11.8 Å². The van der Waals surface area contributed by atoms with Crippen LogP contribution in [0.3, 0.4) is 0 Å². The molecular weight excluding hydrogens is 819 g/mol. The zero-order chi connectivity index (χ0) is 44.8. The summed E-state index contributed by atoms with van der Waals surface area (Å²) in [5.41, 5.74) is 7.00. The van der Waals surface area contributed by atoms with E-state index in [2.05, 4.69) is 79.7 Å². The summed E-state index contributed by atoms with van der Waals surface area (Å²) >= 11 is 0. The van der Waals surface area contributed by atoms with Crippen molar-refractivity contribution in [2.45, 2.75) is 109 Å². The number of anilines is 3. The summed E-state index contributed by atoms with van der Waals surface area (Å²) in [6.45, 7) is 9.04. The van der Waals surface area contributed by atoms with Crippen LogP contribution in [-0.4, -0.2) is 102 Å². The highest BCUT2D eigenvalue weighted by Crippen LogP contribution is 2.50. The van der Waals surface area contributed by atoms with Gasteiger partial charge in [-0.15, -0.1) is 0 Å². The van der Waals surface area contributed by atoms with Gasteiger partial charge in [-0.3, -0.25) is 9.59 Å². The third kappa shape index (κ3) is 8.04. The predicted molar refractivity (Wildman–Crippen MR) is 240 cm³/mol. The second-order valence-corrected chi connectivity index (χ2v) is 18.2. The number of hydrogen-bond donors (Lipinski definition) is 5. The van der Waals surface area contributed by atoms with Gasteiger partial charge in [0.1, 0.15) is 24.1 Å². The number of aromatic nitrogens is 2. The molecule has 17 nitrogen and oxygen atoms in total.